The Bertz CT molecular complexity index is 866. The number of piperidine rings is 1. The predicted molar refractivity (Wildman–Crippen MR) is 107 cm³/mol. The highest BCUT2D eigenvalue weighted by Crippen LogP contribution is 2.28. The lowest BCUT2D eigenvalue weighted by atomic mass is 9.97. The number of aromatic nitrogens is 1. The zero-order valence-corrected chi connectivity index (χ0v) is 17.1. The van der Waals surface area contributed by atoms with Gasteiger partial charge in [0.2, 0.25) is 10.0 Å². The van der Waals surface area contributed by atoms with Gasteiger partial charge in [-0.3, -0.25) is 9.88 Å². The fourth-order valence-corrected chi connectivity index (χ4v) is 4.66. The van der Waals surface area contributed by atoms with E-state index in [2.05, 4.69) is 14.6 Å². The second-order valence-electron chi connectivity index (χ2n) is 6.94. The monoisotopic (exact) mass is 405 g/mol. The van der Waals surface area contributed by atoms with Crippen molar-refractivity contribution in [3.63, 3.8) is 0 Å². The van der Waals surface area contributed by atoms with Crippen LogP contribution in [0.15, 0.2) is 47.6 Å². The summed E-state index contributed by atoms with van der Waals surface area (Å²) < 4.78 is 38.5. The molecule has 1 fully saturated rings. The first kappa shape index (κ1) is 20.6. The molecule has 0 saturated carbocycles. The number of likely N-dealkylation sites (tertiary alicyclic amines) is 1. The lowest BCUT2D eigenvalue weighted by Gasteiger charge is -2.32. The molecule has 0 unspecified atom stereocenters. The third-order valence-electron chi connectivity index (χ3n) is 5.09. The van der Waals surface area contributed by atoms with Gasteiger partial charge in [-0.15, -0.1) is 0 Å². The SMILES string of the molecule is COc1ccc(S(=O)(=O)NCC2CCN(Cc3ccncc3)CC2)c(OC)c1. The molecule has 0 aliphatic carbocycles. The maximum atomic E-state index is 12.7. The molecule has 0 spiro atoms. The van der Waals surface area contributed by atoms with Gasteiger partial charge in [0.05, 0.1) is 14.2 Å². The normalized spacial score (nSPS) is 16.1. The van der Waals surface area contributed by atoms with E-state index in [0.717, 1.165) is 32.5 Å². The van der Waals surface area contributed by atoms with E-state index in [1.807, 2.05) is 24.5 Å². The van der Waals surface area contributed by atoms with E-state index in [-0.39, 0.29) is 10.6 Å². The quantitative estimate of drug-likeness (QED) is 0.726. The molecular formula is C20H27N3O4S. The molecule has 3 rings (SSSR count). The molecule has 1 N–H and O–H groups in total. The second-order valence-corrected chi connectivity index (χ2v) is 8.68. The summed E-state index contributed by atoms with van der Waals surface area (Å²) in [6.45, 7) is 3.26. The van der Waals surface area contributed by atoms with E-state index in [4.69, 9.17) is 9.47 Å². The van der Waals surface area contributed by atoms with Gasteiger partial charge in [-0.1, -0.05) is 0 Å². The van der Waals surface area contributed by atoms with Crippen LogP contribution in [-0.4, -0.2) is 52.2 Å². The van der Waals surface area contributed by atoms with Crippen molar-refractivity contribution in [3.05, 3.63) is 48.3 Å². The third-order valence-corrected chi connectivity index (χ3v) is 6.55. The Kier molecular flexibility index (Phi) is 6.88. The molecule has 0 amide bonds. The molecule has 0 radical (unpaired) electrons. The summed E-state index contributed by atoms with van der Waals surface area (Å²) in [6, 6.07) is 8.77. The molecule has 0 bridgehead atoms. The maximum Gasteiger partial charge on any atom is 0.244 e. The molecule has 1 saturated heterocycles. The Hall–Kier alpha value is -2.16. The number of nitrogens with one attached hydrogen (secondary N) is 1. The van der Waals surface area contributed by atoms with E-state index in [9.17, 15) is 8.42 Å². The van der Waals surface area contributed by atoms with Crippen LogP contribution in [0.4, 0.5) is 0 Å². The molecule has 28 heavy (non-hydrogen) atoms. The number of benzene rings is 1. The van der Waals surface area contributed by atoms with Crippen molar-refractivity contribution in [2.24, 2.45) is 5.92 Å². The molecule has 1 aliphatic rings. The summed E-state index contributed by atoms with van der Waals surface area (Å²) in [5.41, 5.74) is 1.25. The van der Waals surface area contributed by atoms with E-state index in [1.54, 1.807) is 12.1 Å². The van der Waals surface area contributed by atoms with Gasteiger partial charge in [0, 0.05) is 31.5 Å². The highest BCUT2D eigenvalue weighted by Gasteiger charge is 2.24. The van der Waals surface area contributed by atoms with Crippen molar-refractivity contribution in [2.75, 3.05) is 33.9 Å². The van der Waals surface area contributed by atoms with Gasteiger partial charge < -0.3 is 9.47 Å². The van der Waals surface area contributed by atoms with Crippen molar-refractivity contribution < 1.29 is 17.9 Å². The first-order chi connectivity index (χ1) is 13.5. The number of methoxy groups -OCH3 is 2. The highest BCUT2D eigenvalue weighted by molar-refractivity contribution is 7.89. The van der Waals surface area contributed by atoms with Crippen LogP contribution < -0.4 is 14.2 Å². The number of ether oxygens (including phenoxy) is 2. The number of pyridine rings is 1. The topological polar surface area (TPSA) is 80.8 Å². The summed E-state index contributed by atoms with van der Waals surface area (Å²) in [6.07, 6.45) is 5.55. The minimum atomic E-state index is -3.64. The van der Waals surface area contributed by atoms with Gasteiger partial charge in [0.1, 0.15) is 16.4 Å². The van der Waals surface area contributed by atoms with Gasteiger partial charge in [-0.25, -0.2) is 13.1 Å². The van der Waals surface area contributed by atoms with Crippen LogP contribution in [0.2, 0.25) is 0 Å². The van der Waals surface area contributed by atoms with Gasteiger partial charge in [0.25, 0.3) is 0 Å². The van der Waals surface area contributed by atoms with Crippen molar-refractivity contribution in [1.29, 1.82) is 0 Å². The fourth-order valence-electron chi connectivity index (χ4n) is 3.40. The van der Waals surface area contributed by atoms with Gasteiger partial charge in [0.15, 0.2) is 0 Å². The average molecular weight is 406 g/mol. The molecule has 152 valence electrons. The zero-order valence-electron chi connectivity index (χ0n) is 16.3. The Morgan fingerprint density at radius 2 is 1.82 bits per heavy atom. The maximum absolute atomic E-state index is 12.7. The zero-order chi connectivity index (χ0) is 20.0. The first-order valence-corrected chi connectivity index (χ1v) is 10.8. The van der Waals surface area contributed by atoms with Crippen LogP contribution in [0.5, 0.6) is 11.5 Å². The van der Waals surface area contributed by atoms with Crippen LogP contribution in [0, 0.1) is 5.92 Å². The summed E-state index contributed by atoms with van der Waals surface area (Å²) in [5.74, 6) is 1.16. The van der Waals surface area contributed by atoms with Crippen LogP contribution in [0.25, 0.3) is 0 Å². The van der Waals surface area contributed by atoms with Gasteiger partial charge in [-0.2, -0.15) is 0 Å². The van der Waals surface area contributed by atoms with Crippen LogP contribution in [0.1, 0.15) is 18.4 Å². The van der Waals surface area contributed by atoms with E-state index >= 15 is 0 Å². The molecular weight excluding hydrogens is 378 g/mol. The Labute approximate surface area is 166 Å². The number of rotatable bonds is 8. The predicted octanol–water partition coefficient (Wildman–Crippen LogP) is 2.29. The van der Waals surface area contributed by atoms with E-state index < -0.39 is 10.0 Å². The lowest BCUT2D eigenvalue weighted by Crippen LogP contribution is -2.38. The molecule has 7 nitrogen and oxygen atoms in total. The van der Waals surface area contributed by atoms with Crippen molar-refractivity contribution >= 4 is 10.0 Å². The molecule has 8 heteroatoms. The van der Waals surface area contributed by atoms with Crippen LogP contribution in [-0.2, 0) is 16.6 Å². The number of sulfonamides is 1. The molecule has 2 aromatic rings. The van der Waals surface area contributed by atoms with Gasteiger partial charge in [-0.05, 0) is 61.7 Å². The minimum absolute atomic E-state index is 0.130. The summed E-state index contributed by atoms with van der Waals surface area (Å²) in [7, 11) is -0.660. The average Bonchev–Trinajstić information content (AvgIpc) is 2.73. The van der Waals surface area contributed by atoms with Crippen molar-refractivity contribution in [1.82, 2.24) is 14.6 Å². The minimum Gasteiger partial charge on any atom is -0.497 e. The standard InChI is InChI=1S/C20H27N3O4S/c1-26-18-3-4-20(19(13-18)27-2)28(24,25)22-14-16-7-11-23(12-8-16)15-17-5-9-21-10-6-17/h3-6,9-10,13,16,22H,7-8,11-12,14-15H2,1-2H3. The fraction of sp³-hybridized carbons (Fsp3) is 0.450. The molecule has 1 aliphatic heterocycles. The number of hydrogen-bond donors (Lipinski definition) is 1. The highest BCUT2D eigenvalue weighted by atomic mass is 32.2. The lowest BCUT2D eigenvalue weighted by molar-refractivity contribution is 0.178. The summed E-state index contributed by atoms with van der Waals surface area (Å²) in [5, 5.41) is 0. The van der Waals surface area contributed by atoms with E-state index in [1.165, 1.54) is 25.8 Å². The number of hydrogen-bond acceptors (Lipinski definition) is 6. The largest absolute Gasteiger partial charge is 0.497 e. The Balaban J connectivity index is 1.53. The Morgan fingerprint density at radius 1 is 1.11 bits per heavy atom. The smallest absolute Gasteiger partial charge is 0.244 e. The van der Waals surface area contributed by atoms with E-state index in [0.29, 0.717) is 18.2 Å². The van der Waals surface area contributed by atoms with Crippen molar-refractivity contribution in [2.45, 2.75) is 24.3 Å². The third kappa shape index (κ3) is 5.21. The van der Waals surface area contributed by atoms with Crippen LogP contribution >= 0.6 is 0 Å². The Morgan fingerprint density at radius 3 is 2.46 bits per heavy atom. The summed E-state index contributed by atoms with van der Waals surface area (Å²) >= 11 is 0. The first-order valence-electron chi connectivity index (χ1n) is 9.35. The molecule has 0 atom stereocenters. The molecule has 2 heterocycles. The van der Waals surface area contributed by atoms with Crippen LogP contribution in [0.3, 0.4) is 0 Å². The van der Waals surface area contributed by atoms with Gasteiger partial charge >= 0.3 is 0 Å². The summed E-state index contributed by atoms with van der Waals surface area (Å²) in [4.78, 5) is 6.57. The number of nitrogens with zero attached hydrogens (tertiary/aromatic N) is 2. The van der Waals surface area contributed by atoms with Crippen molar-refractivity contribution in [3.8, 4) is 11.5 Å². The second kappa shape index (κ2) is 9.36. The molecule has 1 aromatic heterocycles. The molecule has 1 aromatic carbocycles.